The number of hydrogen-bond donors (Lipinski definition) is 0. The van der Waals surface area contributed by atoms with Crippen molar-refractivity contribution in [3.63, 3.8) is 0 Å². The highest BCUT2D eigenvalue weighted by Crippen LogP contribution is 2.29. The lowest BCUT2D eigenvalue weighted by atomic mass is 10.0. The molecule has 0 radical (unpaired) electrons. The van der Waals surface area contributed by atoms with Crippen LogP contribution in [-0.2, 0) is 13.2 Å². The van der Waals surface area contributed by atoms with Gasteiger partial charge in [-0.2, -0.15) is 18.3 Å². The fraction of sp³-hybridized carbons (Fsp3) is 0.333. The maximum absolute atomic E-state index is 12.9. The number of alkyl halides is 3. The molecule has 0 saturated carbocycles. The topological polar surface area (TPSA) is 30.2 Å². The minimum Gasteiger partial charge on any atom is -0.296 e. The minimum absolute atomic E-state index is 0.440. The van der Waals surface area contributed by atoms with Gasteiger partial charge in [-0.3, -0.25) is 9.67 Å². The summed E-state index contributed by atoms with van der Waals surface area (Å²) in [6.07, 6.45) is -0.907. The molecule has 0 fully saturated rings. The molecule has 6 heteroatoms. The van der Waals surface area contributed by atoms with Crippen LogP contribution in [0.15, 0.2) is 23.2 Å². The van der Waals surface area contributed by atoms with Gasteiger partial charge in [0.1, 0.15) is 0 Å². The van der Waals surface area contributed by atoms with E-state index in [-0.39, 0.29) is 0 Å². The molecule has 1 heterocycles. The smallest absolute Gasteiger partial charge is 0.296 e. The van der Waals surface area contributed by atoms with E-state index in [0.29, 0.717) is 5.69 Å². The fourth-order valence-electron chi connectivity index (χ4n) is 2.75. The molecular formula is C18H20F3N3. The summed E-state index contributed by atoms with van der Waals surface area (Å²) >= 11 is 0. The summed E-state index contributed by atoms with van der Waals surface area (Å²) in [6, 6.07) is 5.10. The number of rotatable bonds is 2. The summed E-state index contributed by atoms with van der Waals surface area (Å²) in [7, 11) is 3.20. The molecule has 0 bridgehead atoms. The summed E-state index contributed by atoms with van der Waals surface area (Å²) in [5.74, 6) is 0. The maximum Gasteiger partial charge on any atom is 0.435 e. The zero-order valence-corrected chi connectivity index (χ0v) is 14.4. The molecule has 0 amide bonds. The van der Waals surface area contributed by atoms with Crippen LogP contribution in [0.25, 0.3) is 11.6 Å². The molecule has 0 unspecified atom stereocenters. The first-order valence-corrected chi connectivity index (χ1v) is 7.47. The number of aliphatic imine (C=N–C) groups is 1. The van der Waals surface area contributed by atoms with Crippen molar-refractivity contribution in [1.82, 2.24) is 9.78 Å². The van der Waals surface area contributed by atoms with E-state index >= 15 is 0 Å². The van der Waals surface area contributed by atoms with Crippen molar-refractivity contribution in [2.24, 2.45) is 12.0 Å². The Morgan fingerprint density at radius 2 is 1.88 bits per heavy atom. The van der Waals surface area contributed by atoms with Crippen molar-refractivity contribution in [3.05, 3.63) is 51.2 Å². The molecule has 24 heavy (non-hydrogen) atoms. The molecule has 0 aliphatic carbocycles. The molecule has 0 atom stereocenters. The third-order valence-corrected chi connectivity index (χ3v) is 3.88. The van der Waals surface area contributed by atoms with Crippen LogP contribution in [0.4, 0.5) is 13.2 Å². The molecule has 2 aromatic rings. The van der Waals surface area contributed by atoms with Gasteiger partial charge in [-0.25, -0.2) is 0 Å². The van der Waals surface area contributed by atoms with Gasteiger partial charge in [0, 0.05) is 20.3 Å². The van der Waals surface area contributed by atoms with Crippen LogP contribution in [0.1, 0.15) is 29.4 Å². The van der Waals surface area contributed by atoms with E-state index < -0.39 is 11.9 Å². The van der Waals surface area contributed by atoms with E-state index in [1.54, 1.807) is 13.3 Å². The lowest BCUT2D eigenvalue weighted by Gasteiger charge is -2.06. The predicted octanol–water partition coefficient (Wildman–Crippen LogP) is 2.76. The molecule has 128 valence electrons. The molecule has 2 rings (SSSR count). The van der Waals surface area contributed by atoms with E-state index in [4.69, 9.17) is 0 Å². The van der Waals surface area contributed by atoms with Crippen LogP contribution in [0.3, 0.4) is 0 Å². The Morgan fingerprint density at radius 3 is 2.42 bits per heavy atom. The summed E-state index contributed by atoms with van der Waals surface area (Å²) < 4.78 is 40.0. The Kier molecular flexibility index (Phi) is 4.96. The molecule has 0 aliphatic rings. The molecule has 0 N–H and O–H groups in total. The highest BCUT2D eigenvalue weighted by atomic mass is 19.4. The van der Waals surface area contributed by atoms with Crippen molar-refractivity contribution in [3.8, 4) is 0 Å². The number of nitrogens with zero attached hydrogens (tertiary/aromatic N) is 3. The normalized spacial score (nSPS) is 14.6. The van der Waals surface area contributed by atoms with Crippen LogP contribution in [0.5, 0.6) is 0 Å². The number of benzene rings is 1. The van der Waals surface area contributed by atoms with Crippen LogP contribution in [0.2, 0.25) is 0 Å². The van der Waals surface area contributed by atoms with Gasteiger partial charge in [-0.05, 0) is 54.5 Å². The fourth-order valence-corrected chi connectivity index (χ4v) is 2.75. The van der Waals surface area contributed by atoms with E-state index in [9.17, 15) is 13.2 Å². The van der Waals surface area contributed by atoms with Gasteiger partial charge in [0.2, 0.25) is 0 Å². The van der Waals surface area contributed by atoms with Crippen LogP contribution < -0.4 is 10.4 Å². The summed E-state index contributed by atoms with van der Waals surface area (Å²) in [5.41, 5.74) is 2.39. The van der Waals surface area contributed by atoms with E-state index in [1.165, 1.54) is 11.7 Å². The molecule has 0 spiro atoms. The van der Waals surface area contributed by atoms with Gasteiger partial charge in [0.15, 0.2) is 5.69 Å². The standard InChI is InChI=1S/C18H20F3N3/c1-11-8-12(2)14(6-7-22-4)15(9-11)13(3)16-10-17(18(19,20)21)23-24(16)5/h6-10H,1-5H3/b14-6-,15-13+,22-7?. The van der Waals surface area contributed by atoms with Gasteiger partial charge < -0.3 is 0 Å². The first-order chi connectivity index (χ1) is 11.1. The Labute approximate surface area is 138 Å². The first-order valence-electron chi connectivity index (χ1n) is 7.47. The second kappa shape index (κ2) is 6.63. The zero-order chi connectivity index (χ0) is 18.1. The molecule has 3 nitrogen and oxygen atoms in total. The number of aryl methyl sites for hydroxylation is 3. The monoisotopic (exact) mass is 335 g/mol. The summed E-state index contributed by atoms with van der Waals surface area (Å²) in [5, 5.41) is 5.42. The number of aromatic nitrogens is 2. The average molecular weight is 335 g/mol. The molecular weight excluding hydrogens is 315 g/mol. The van der Waals surface area contributed by atoms with Crippen molar-refractivity contribution in [1.29, 1.82) is 0 Å². The molecule has 1 aromatic carbocycles. The van der Waals surface area contributed by atoms with E-state index in [1.807, 2.05) is 39.0 Å². The zero-order valence-electron chi connectivity index (χ0n) is 14.4. The Morgan fingerprint density at radius 1 is 1.21 bits per heavy atom. The van der Waals surface area contributed by atoms with Crippen molar-refractivity contribution in [2.75, 3.05) is 7.05 Å². The third kappa shape index (κ3) is 3.58. The Hall–Kier alpha value is -2.37. The van der Waals surface area contributed by atoms with Crippen LogP contribution >= 0.6 is 0 Å². The molecule has 0 aliphatic heterocycles. The second-order valence-electron chi connectivity index (χ2n) is 5.78. The maximum atomic E-state index is 12.9. The largest absolute Gasteiger partial charge is 0.435 e. The minimum atomic E-state index is -4.46. The first kappa shape index (κ1) is 18.0. The predicted molar refractivity (Wildman–Crippen MR) is 90.4 cm³/mol. The molecule has 0 saturated heterocycles. The van der Waals surface area contributed by atoms with Crippen molar-refractivity contribution >= 4 is 17.9 Å². The van der Waals surface area contributed by atoms with Gasteiger partial charge in [-0.15, -0.1) is 0 Å². The Bertz CT molecular complexity index is 903. The van der Waals surface area contributed by atoms with E-state index in [0.717, 1.165) is 33.2 Å². The number of halogens is 3. The number of hydrogen-bond acceptors (Lipinski definition) is 2. The second-order valence-corrected chi connectivity index (χ2v) is 5.78. The summed E-state index contributed by atoms with van der Waals surface area (Å²) in [4.78, 5) is 3.97. The van der Waals surface area contributed by atoms with Crippen molar-refractivity contribution in [2.45, 2.75) is 26.9 Å². The Balaban J connectivity index is 2.85. The quantitative estimate of drug-likeness (QED) is 0.776. The van der Waals surface area contributed by atoms with Gasteiger partial charge in [-0.1, -0.05) is 17.7 Å². The van der Waals surface area contributed by atoms with Gasteiger partial charge in [0.25, 0.3) is 0 Å². The average Bonchev–Trinajstić information content (AvgIpc) is 2.87. The summed E-state index contributed by atoms with van der Waals surface area (Å²) in [6.45, 7) is 5.75. The van der Waals surface area contributed by atoms with Crippen LogP contribution in [-0.4, -0.2) is 23.0 Å². The van der Waals surface area contributed by atoms with Gasteiger partial charge in [0.05, 0.1) is 5.69 Å². The highest BCUT2D eigenvalue weighted by molar-refractivity contribution is 5.91. The lowest BCUT2D eigenvalue weighted by molar-refractivity contribution is -0.141. The highest BCUT2D eigenvalue weighted by Gasteiger charge is 2.34. The lowest BCUT2D eigenvalue weighted by Crippen LogP contribution is -2.30. The van der Waals surface area contributed by atoms with E-state index in [2.05, 4.69) is 10.1 Å². The SMILES string of the molecule is CN=C/C=c1/c(C)cc(C)c/c1=C(/C)c1cc(C(F)(F)F)nn1C. The van der Waals surface area contributed by atoms with Crippen LogP contribution in [0, 0.1) is 13.8 Å². The van der Waals surface area contributed by atoms with Gasteiger partial charge >= 0.3 is 6.18 Å². The molecule has 1 aromatic heterocycles. The van der Waals surface area contributed by atoms with Crippen molar-refractivity contribution < 1.29 is 13.2 Å². The third-order valence-electron chi connectivity index (χ3n) is 3.88.